The first kappa shape index (κ1) is 15.7. The van der Waals surface area contributed by atoms with Crippen LogP contribution in [0.5, 0.6) is 0 Å². The molecule has 0 spiro atoms. The molecule has 6 heteroatoms. The highest BCUT2D eigenvalue weighted by atomic mass is 19.3. The van der Waals surface area contributed by atoms with E-state index in [0.29, 0.717) is 12.4 Å². The number of alkyl halides is 2. The largest absolute Gasteiger partial charge is 0.352 e. The van der Waals surface area contributed by atoms with Crippen molar-refractivity contribution in [2.75, 3.05) is 18.5 Å². The Bertz CT molecular complexity index is 601. The second kappa shape index (κ2) is 5.97. The number of nitrogens with one attached hydrogen (secondary N) is 1. The van der Waals surface area contributed by atoms with Crippen LogP contribution in [0, 0.1) is 0 Å². The Morgan fingerprint density at radius 1 is 1.33 bits per heavy atom. The summed E-state index contributed by atoms with van der Waals surface area (Å²) >= 11 is 0. The highest BCUT2D eigenvalue weighted by Crippen LogP contribution is 2.22. The summed E-state index contributed by atoms with van der Waals surface area (Å²) in [5.74, 6) is 0.596. The molecule has 116 valence electrons. The number of halogens is 2. The number of pyridine rings is 1. The van der Waals surface area contributed by atoms with Gasteiger partial charge in [-0.05, 0) is 32.9 Å². The number of rotatable bonds is 5. The summed E-state index contributed by atoms with van der Waals surface area (Å²) in [7, 11) is 1.65. The van der Waals surface area contributed by atoms with Gasteiger partial charge in [0.25, 0.3) is 6.43 Å². The van der Waals surface area contributed by atoms with Crippen LogP contribution < -0.4 is 10.2 Å². The molecule has 0 aliphatic rings. The molecule has 0 unspecified atom stereocenters. The Morgan fingerprint density at radius 2 is 2.05 bits per heavy atom. The standard InChI is InChI=1S/C15H22F2N4/c1-15(2,3)18-9-11-14(20(4)10-12(16)17)19-13-7-5-6-8-21(11)13/h5-8,12,18H,9-10H2,1-4H3. The fourth-order valence-electron chi connectivity index (χ4n) is 2.15. The first-order valence-electron chi connectivity index (χ1n) is 6.98. The van der Waals surface area contributed by atoms with Crippen LogP contribution >= 0.6 is 0 Å². The zero-order chi connectivity index (χ0) is 15.6. The van der Waals surface area contributed by atoms with E-state index < -0.39 is 6.43 Å². The third-order valence-electron chi connectivity index (χ3n) is 3.17. The van der Waals surface area contributed by atoms with Crippen molar-refractivity contribution >= 4 is 11.5 Å². The maximum Gasteiger partial charge on any atom is 0.255 e. The van der Waals surface area contributed by atoms with Crippen LogP contribution in [0.15, 0.2) is 24.4 Å². The zero-order valence-electron chi connectivity index (χ0n) is 12.9. The quantitative estimate of drug-likeness (QED) is 0.921. The van der Waals surface area contributed by atoms with E-state index in [9.17, 15) is 8.78 Å². The Labute approximate surface area is 123 Å². The fraction of sp³-hybridized carbons (Fsp3) is 0.533. The summed E-state index contributed by atoms with van der Waals surface area (Å²) in [5, 5.41) is 3.39. The Kier molecular flexibility index (Phi) is 4.46. The molecule has 0 saturated carbocycles. The summed E-state index contributed by atoms with van der Waals surface area (Å²) in [6.07, 6.45) is -0.481. The summed E-state index contributed by atoms with van der Waals surface area (Å²) < 4.78 is 27.2. The molecule has 0 fully saturated rings. The molecule has 0 amide bonds. The monoisotopic (exact) mass is 296 g/mol. The lowest BCUT2D eigenvalue weighted by atomic mass is 10.1. The Balaban J connectivity index is 2.38. The number of aromatic nitrogens is 2. The van der Waals surface area contributed by atoms with E-state index in [1.165, 1.54) is 4.90 Å². The van der Waals surface area contributed by atoms with Gasteiger partial charge >= 0.3 is 0 Å². The van der Waals surface area contributed by atoms with Gasteiger partial charge in [0.2, 0.25) is 0 Å². The van der Waals surface area contributed by atoms with Crippen molar-refractivity contribution < 1.29 is 8.78 Å². The van der Waals surface area contributed by atoms with Gasteiger partial charge in [-0.1, -0.05) is 6.07 Å². The molecule has 2 aromatic rings. The van der Waals surface area contributed by atoms with Gasteiger partial charge in [-0.2, -0.15) is 0 Å². The van der Waals surface area contributed by atoms with Crippen molar-refractivity contribution in [3.05, 3.63) is 30.1 Å². The van der Waals surface area contributed by atoms with E-state index in [-0.39, 0.29) is 12.1 Å². The molecule has 2 heterocycles. The van der Waals surface area contributed by atoms with Crippen molar-refractivity contribution in [2.45, 2.75) is 39.3 Å². The highest BCUT2D eigenvalue weighted by Gasteiger charge is 2.19. The first-order chi connectivity index (χ1) is 9.78. The third-order valence-corrected chi connectivity index (χ3v) is 3.17. The molecule has 2 rings (SSSR count). The van der Waals surface area contributed by atoms with Gasteiger partial charge in [0.05, 0.1) is 12.2 Å². The van der Waals surface area contributed by atoms with Crippen molar-refractivity contribution in [2.24, 2.45) is 0 Å². The summed E-state index contributed by atoms with van der Waals surface area (Å²) in [6, 6.07) is 5.67. The number of nitrogens with zero attached hydrogens (tertiary/aromatic N) is 3. The maximum atomic E-state index is 12.6. The van der Waals surface area contributed by atoms with Gasteiger partial charge in [-0.25, -0.2) is 13.8 Å². The first-order valence-corrected chi connectivity index (χ1v) is 6.98. The van der Waals surface area contributed by atoms with Crippen molar-refractivity contribution in [1.82, 2.24) is 14.7 Å². The van der Waals surface area contributed by atoms with Crippen molar-refractivity contribution in [3.63, 3.8) is 0 Å². The molecule has 0 aliphatic heterocycles. The summed E-state index contributed by atoms with van der Waals surface area (Å²) in [4.78, 5) is 5.99. The van der Waals surface area contributed by atoms with Crippen LogP contribution in [-0.2, 0) is 6.54 Å². The number of hydrogen-bond acceptors (Lipinski definition) is 3. The van der Waals surface area contributed by atoms with Gasteiger partial charge in [-0.15, -0.1) is 0 Å². The van der Waals surface area contributed by atoms with E-state index in [1.807, 2.05) is 28.8 Å². The van der Waals surface area contributed by atoms with Crippen molar-refractivity contribution in [3.8, 4) is 0 Å². The summed E-state index contributed by atoms with van der Waals surface area (Å²) in [5.41, 5.74) is 1.60. The Hall–Kier alpha value is -1.69. The predicted molar refractivity (Wildman–Crippen MR) is 81.1 cm³/mol. The van der Waals surface area contributed by atoms with Crippen LogP contribution in [0.2, 0.25) is 0 Å². The second-order valence-corrected chi connectivity index (χ2v) is 6.19. The molecular weight excluding hydrogens is 274 g/mol. The molecule has 0 aromatic carbocycles. The molecule has 21 heavy (non-hydrogen) atoms. The van der Waals surface area contributed by atoms with Crippen LogP contribution in [0.25, 0.3) is 5.65 Å². The normalized spacial score (nSPS) is 12.3. The smallest absolute Gasteiger partial charge is 0.255 e. The predicted octanol–water partition coefficient (Wildman–Crippen LogP) is 2.92. The molecule has 1 N–H and O–H groups in total. The number of fused-ring (bicyclic) bond motifs is 1. The second-order valence-electron chi connectivity index (χ2n) is 6.19. The van der Waals surface area contributed by atoms with Crippen LogP contribution in [0.4, 0.5) is 14.6 Å². The minimum Gasteiger partial charge on any atom is -0.352 e. The average molecular weight is 296 g/mol. The van der Waals surface area contributed by atoms with E-state index in [4.69, 9.17) is 0 Å². The highest BCUT2D eigenvalue weighted by molar-refractivity contribution is 5.55. The van der Waals surface area contributed by atoms with E-state index >= 15 is 0 Å². The molecule has 0 atom stereocenters. The molecule has 0 aliphatic carbocycles. The van der Waals surface area contributed by atoms with Gasteiger partial charge in [-0.3, -0.25) is 0 Å². The van der Waals surface area contributed by atoms with Gasteiger partial charge < -0.3 is 14.6 Å². The lowest BCUT2D eigenvalue weighted by Gasteiger charge is -2.23. The van der Waals surface area contributed by atoms with Crippen LogP contribution in [0.1, 0.15) is 26.5 Å². The fourth-order valence-corrected chi connectivity index (χ4v) is 2.15. The van der Waals surface area contributed by atoms with Gasteiger partial charge in [0.15, 0.2) is 5.82 Å². The van der Waals surface area contributed by atoms with Crippen molar-refractivity contribution in [1.29, 1.82) is 0 Å². The summed E-state index contributed by atoms with van der Waals surface area (Å²) in [6.45, 7) is 6.44. The number of hydrogen-bond donors (Lipinski definition) is 1. The topological polar surface area (TPSA) is 32.6 Å². The SMILES string of the molecule is CN(CC(F)F)c1nc2ccccn2c1CNC(C)(C)C. The maximum absolute atomic E-state index is 12.6. The molecule has 4 nitrogen and oxygen atoms in total. The minimum atomic E-state index is -2.39. The molecule has 0 bridgehead atoms. The molecule has 2 aromatic heterocycles. The molecule has 0 radical (unpaired) electrons. The lowest BCUT2D eigenvalue weighted by molar-refractivity contribution is 0.156. The zero-order valence-corrected chi connectivity index (χ0v) is 12.9. The third kappa shape index (κ3) is 3.91. The van der Waals surface area contributed by atoms with Crippen LogP contribution in [-0.4, -0.2) is 34.9 Å². The van der Waals surface area contributed by atoms with Crippen LogP contribution in [0.3, 0.4) is 0 Å². The van der Waals surface area contributed by atoms with E-state index in [1.54, 1.807) is 7.05 Å². The number of anilines is 1. The number of imidazole rings is 1. The minimum absolute atomic E-state index is 0.0580. The van der Waals surface area contributed by atoms with Gasteiger partial charge in [0.1, 0.15) is 5.65 Å². The van der Waals surface area contributed by atoms with E-state index in [2.05, 4.69) is 31.1 Å². The van der Waals surface area contributed by atoms with Gasteiger partial charge in [0, 0.05) is 25.3 Å². The van der Waals surface area contributed by atoms with E-state index in [0.717, 1.165) is 11.3 Å². The average Bonchev–Trinajstić information content (AvgIpc) is 2.73. The molecule has 0 saturated heterocycles. The Morgan fingerprint density at radius 3 is 2.67 bits per heavy atom. The lowest BCUT2D eigenvalue weighted by Crippen LogP contribution is -2.36. The molecular formula is C15H22F2N4.